The molecule has 9 nitrogen and oxygen atoms in total. The van der Waals surface area contributed by atoms with Crippen LogP contribution in [-0.2, 0) is 17.9 Å². The van der Waals surface area contributed by atoms with Crippen LogP contribution in [0.3, 0.4) is 0 Å². The third kappa shape index (κ3) is 7.80. The Kier molecular flexibility index (Phi) is 8.18. The molecule has 4 N–H and O–H groups in total. The summed E-state index contributed by atoms with van der Waals surface area (Å²) < 4.78 is 1.83. The molecule has 0 saturated heterocycles. The summed E-state index contributed by atoms with van der Waals surface area (Å²) in [5, 5.41) is 11.2. The second-order valence-corrected chi connectivity index (χ2v) is 7.81. The van der Waals surface area contributed by atoms with Gasteiger partial charge in [0.2, 0.25) is 5.91 Å². The van der Waals surface area contributed by atoms with Gasteiger partial charge in [0.25, 0.3) is 5.91 Å². The average Bonchev–Trinajstić information content (AvgIpc) is 3.30. The number of amides is 4. The highest BCUT2D eigenvalue weighted by atomic mass is 16.2. The summed E-state index contributed by atoms with van der Waals surface area (Å²) in [7, 11) is 0. The molecule has 172 valence electrons. The third-order valence-electron chi connectivity index (χ3n) is 4.65. The second kappa shape index (κ2) is 11.5. The van der Waals surface area contributed by atoms with E-state index in [0.29, 0.717) is 36.4 Å². The Morgan fingerprint density at radius 1 is 1.00 bits per heavy atom. The van der Waals surface area contributed by atoms with Gasteiger partial charge in [0.1, 0.15) is 0 Å². The first-order valence-electron chi connectivity index (χ1n) is 10.7. The number of nitrogens with one attached hydrogen (secondary N) is 4. The summed E-state index contributed by atoms with van der Waals surface area (Å²) in [5.41, 5.74) is 2.57. The van der Waals surface area contributed by atoms with Gasteiger partial charge in [-0.1, -0.05) is 18.2 Å². The highest BCUT2D eigenvalue weighted by Crippen LogP contribution is 2.13. The Balaban J connectivity index is 1.48. The second-order valence-electron chi connectivity index (χ2n) is 7.81. The van der Waals surface area contributed by atoms with Gasteiger partial charge in [0.05, 0.1) is 6.33 Å². The van der Waals surface area contributed by atoms with Crippen LogP contribution in [0.15, 0.2) is 67.3 Å². The number of urea groups is 1. The number of carbonyl (C=O) groups is 3. The molecule has 1 aromatic heterocycles. The van der Waals surface area contributed by atoms with E-state index in [4.69, 9.17) is 0 Å². The number of carbonyl (C=O) groups excluding carboxylic acids is 3. The molecular formula is C24H28N6O3. The van der Waals surface area contributed by atoms with Crippen molar-refractivity contribution in [2.75, 3.05) is 10.6 Å². The van der Waals surface area contributed by atoms with Gasteiger partial charge in [-0.25, -0.2) is 9.78 Å². The highest BCUT2D eigenvalue weighted by molar-refractivity contribution is 5.97. The van der Waals surface area contributed by atoms with Crippen LogP contribution in [0.5, 0.6) is 0 Å². The Morgan fingerprint density at radius 2 is 1.79 bits per heavy atom. The molecule has 0 aliphatic rings. The smallest absolute Gasteiger partial charge is 0.319 e. The van der Waals surface area contributed by atoms with E-state index in [1.165, 1.54) is 0 Å². The Morgan fingerprint density at radius 3 is 2.48 bits per heavy atom. The zero-order valence-corrected chi connectivity index (χ0v) is 18.7. The van der Waals surface area contributed by atoms with Gasteiger partial charge < -0.3 is 25.8 Å². The van der Waals surface area contributed by atoms with Crippen LogP contribution in [-0.4, -0.2) is 33.4 Å². The predicted molar refractivity (Wildman–Crippen MR) is 127 cm³/mol. The predicted octanol–water partition coefficient (Wildman–Crippen LogP) is 3.37. The van der Waals surface area contributed by atoms with Crippen molar-refractivity contribution in [3.8, 4) is 0 Å². The lowest BCUT2D eigenvalue weighted by Crippen LogP contribution is -2.34. The van der Waals surface area contributed by atoms with Crippen molar-refractivity contribution in [1.82, 2.24) is 20.2 Å². The quantitative estimate of drug-likeness (QED) is 0.401. The van der Waals surface area contributed by atoms with Crippen molar-refractivity contribution in [3.05, 3.63) is 78.4 Å². The monoisotopic (exact) mass is 448 g/mol. The number of hydrogen-bond acceptors (Lipinski definition) is 4. The van der Waals surface area contributed by atoms with Crippen LogP contribution in [0.4, 0.5) is 16.2 Å². The average molecular weight is 449 g/mol. The van der Waals surface area contributed by atoms with Crippen LogP contribution >= 0.6 is 0 Å². The lowest BCUT2D eigenvalue weighted by atomic mass is 10.1. The number of hydrogen-bond donors (Lipinski definition) is 4. The SMILES string of the molecule is CC(C)NC(=O)Nc1ccc(CNC(=O)c2cccc(NC(=O)CCn3ccnc3)c2)cc1. The lowest BCUT2D eigenvalue weighted by molar-refractivity contribution is -0.116. The summed E-state index contributed by atoms with van der Waals surface area (Å²) in [4.78, 5) is 40.4. The topological polar surface area (TPSA) is 117 Å². The van der Waals surface area contributed by atoms with Crippen molar-refractivity contribution in [3.63, 3.8) is 0 Å². The van der Waals surface area contributed by atoms with Crippen molar-refractivity contribution < 1.29 is 14.4 Å². The molecule has 9 heteroatoms. The van der Waals surface area contributed by atoms with Gasteiger partial charge in [-0.2, -0.15) is 0 Å². The molecule has 0 unspecified atom stereocenters. The number of imidazole rings is 1. The molecule has 3 aromatic rings. The van der Waals surface area contributed by atoms with E-state index in [0.717, 1.165) is 5.56 Å². The van der Waals surface area contributed by atoms with Gasteiger partial charge in [-0.05, 0) is 49.7 Å². The van der Waals surface area contributed by atoms with Crippen LogP contribution in [0.2, 0.25) is 0 Å². The summed E-state index contributed by atoms with van der Waals surface area (Å²) in [6.45, 7) is 4.64. The maximum absolute atomic E-state index is 12.6. The molecular weight excluding hydrogens is 420 g/mol. The number of aromatic nitrogens is 2. The molecule has 2 aromatic carbocycles. The highest BCUT2D eigenvalue weighted by Gasteiger charge is 2.09. The molecule has 3 rings (SSSR count). The Bertz CT molecular complexity index is 1080. The normalized spacial score (nSPS) is 10.5. The number of aryl methyl sites for hydroxylation is 1. The minimum atomic E-state index is -0.264. The standard InChI is InChI=1S/C24H28N6O3/c1-17(2)27-24(33)29-20-8-6-18(7-9-20)15-26-23(32)19-4-3-5-21(14-19)28-22(31)10-12-30-13-11-25-16-30/h3-9,11,13-14,16-17H,10,12,15H2,1-2H3,(H,26,32)(H,28,31)(H2,27,29,33). The van der Waals surface area contributed by atoms with Crippen molar-refractivity contribution in [1.29, 1.82) is 0 Å². The summed E-state index contributed by atoms with van der Waals surface area (Å²) in [5.74, 6) is -0.389. The zero-order valence-electron chi connectivity index (χ0n) is 18.7. The van der Waals surface area contributed by atoms with E-state index in [-0.39, 0.29) is 23.9 Å². The fourth-order valence-electron chi connectivity index (χ4n) is 3.03. The van der Waals surface area contributed by atoms with Crippen LogP contribution in [0, 0.1) is 0 Å². The fraction of sp³-hybridized carbons (Fsp3) is 0.250. The number of nitrogens with zero attached hydrogens (tertiary/aromatic N) is 2. The molecule has 33 heavy (non-hydrogen) atoms. The van der Waals surface area contributed by atoms with Crippen LogP contribution in [0.1, 0.15) is 36.2 Å². The van der Waals surface area contributed by atoms with Gasteiger partial charge >= 0.3 is 6.03 Å². The molecule has 0 saturated carbocycles. The van der Waals surface area contributed by atoms with Crippen molar-refractivity contribution in [2.45, 2.75) is 39.4 Å². The molecule has 0 aliphatic heterocycles. The first-order valence-corrected chi connectivity index (χ1v) is 10.7. The van der Waals surface area contributed by atoms with Gasteiger partial charge in [0.15, 0.2) is 0 Å². The van der Waals surface area contributed by atoms with Gasteiger partial charge in [-0.15, -0.1) is 0 Å². The minimum absolute atomic E-state index is 0.0497. The maximum atomic E-state index is 12.6. The number of anilines is 2. The first-order chi connectivity index (χ1) is 15.9. The van der Waals surface area contributed by atoms with Crippen LogP contribution in [0.25, 0.3) is 0 Å². The van der Waals surface area contributed by atoms with E-state index in [1.807, 2.05) is 30.5 Å². The molecule has 4 amide bonds. The molecule has 0 fully saturated rings. The van der Waals surface area contributed by atoms with E-state index in [2.05, 4.69) is 26.3 Å². The molecule has 0 spiro atoms. The third-order valence-corrected chi connectivity index (χ3v) is 4.65. The van der Waals surface area contributed by atoms with Gasteiger partial charge in [-0.3, -0.25) is 9.59 Å². The van der Waals surface area contributed by atoms with Crippen LogP contribution < -0.4 is 21.3 Å². The van der Waals surface area contributed by atoms with Gasteiger partial charge in [0, 0.05) is 54.9 Å². The van der Waals surface area contributed by atoms with E-state index < -0.39 is 0 Å². The van der Waals surface area contributed by atoms with E-state index in [9.17, 15) is 14.4 Å². The van der Waals surface area contributed by atoms with Crippen molar-refractivity contribution in [2.24, 2.45) is 0 Å². The first kappa shape index (κ1) is 23.5. The Labute approximate surface area is 192 Å². The minimum Gasteiger partial charge on any atom is -0.348 e. The van der Waals surface area contributed by atoms with E-state index in [1.54, 1.807) is 55.1 Å². The molecule has 0 bridgehead atoms. The fourth-order valence-corrected chi connectivity index (χ4v) is 3.03. The summed E-state index contributed by atoms with van der Waals surface area (Å²) in [6, 6.07) is 13.8. The lowest BCUT2D eigenvalue weighted by Gasteiger charge is -2.11. The number of rotatable bonds is 9. The molecule has 0 aliphatic carbocycles. The number of benzene rings is 2. The largest absolute Gasteiger partial charge is 0.348 e. The zero-order chi connectivity index (χ0) is 23.6. The van der Waals surface area contributed by atoms with E-state index >= 15 is 0 Å². The summed E-state index contributed by atoms with van der Waals surface area (Å²) >= 11 is 0. The molecule has 1 heterocycles. The molecule has 0 radical (unpaired) electrons. The molecule has 0 atom stereocenters. The van der Waals surface area contributed by atoms with Crippen molar-refractivity contribution >= 4 is 29.2 Å². The summed E-state index contributed by atoms with van der Waals surface area (Å²) in [6.07, 6.45) is 5.42. The Hall–Kier alpha value is -4.14. The maximum Gasteiger partial charge on any atom is 0.319 e.